The molecule has 1 aliphatic rings. The van der Waals surface area contributed by atoms with Gasteiger partial charge in [-0.25, -0.2) is 0 Å². The van der Waals surface area contributed by atoms with Crippen molar-refractivity contribution in [1.82, 2.24) is 10.2 Å². The fourth-order valence-corrected chi connectivity index (χ4v) is 4.80. The van der Waals surface area contributed by atoms with Gasteiger partial charge >= 0.3 is 0 Å². The molecule has 31 heavy (non-hydrogen) atoms. The van der Waals surface area contributed by atoms with Gasteiger partial charge in [-0.1, -0.05) is 53.7 Å². The maximum atomic E-state index is 13.2. The Kier molecular flexibility index (Phi) is 8.96. The number of nitrogens with zero attached hydrogens (tertiary/aromatic N) is 1. The van der Waals surface area contributed by atoms with Crippen molar-refractivity contribution in [3.8, 4) is 0 Å². The van der Waals surface area contributed by atoms with Crippen LogP contribution in [0.25, 0.3) is 0 Å². The van der Waals surface area contributed by atoms with E-state index in [1.165, 1.54) is 11.8 Å². The van der Waals surface area contributed by atoms with Gasteiger partial charge in [0, 0.05) is 22.5 Å². The van der Waals surface area contributed by atoms with Crippen molar-refractivity contribution in [1.29, 1.82) is 0 Å². The molecule has 1 saturated carbocycles. The lowest BCUT2D eigenvalue weighted by Crippen LogP contribution is -2.50. The Balaban J connectivity index is 1.72. The van der Waals surface area contributed by atoms with Crippen LogP contribution >= 0.6 is 46.6 Å². The average molecular weight is 500 g/mol. The topological polar surface area (TPSA) is 49.4 Å². The summed E-state index contributed by atoms with van der Waals surface area (Å²) < 4.78 is 0. The van der Waals surface area contributed by atoms with Crippen LogP contribution in [0.5, 0.6) is 0 Å². The van der Waals surface area contributed by atoms with E-state index in [2.05, 4.69) is 5.32 Å². The third-order valence-corrected chi connectivity index (χ3v) is 7.37. The summed E-state index contributed by atoms with van der Waals surface area (Å²) in [5, 5.41) is 4.62. The molecule has 8 heteroatoms. The summed E-state index contributed by atoms with van der Waals surface area (Å²) in [6.45, 7) is 2.04. The molecular weight excluding hydrogens is 475 g/mol. The number of hydrogen-bond donors (Lipinski definition) is 1. The van der Waals surface area contributed by atoms with E-state index >= 15 is 0 Å². The Labute approximate surface area is 202 Å². The van der Waals surface area contributed by atoms with Crippen LogP contribution in [0, 0.1) is 0 Å². The second-order valence-corrected chi connectivity index (χ2v) is 9.98. The zero-order valence-corrected chi connectivity index (χ0v) is 20.3. The number of thioether (sulfide) groups is 1. The zero-order chi connectivity index (χ0) is 22.4. The van der Waals surface area contributed by atoms with Crippen molar-refractivity contribution < 1.29 is 9.59 Å². The standard InChI is InChI=1S/C23H25Cl3N2O2S/c1-15(23(30)27-18-4-2-3-5-18)28(13-16-6-11-20(25)21(26)12-16)22(29)14-31-19-9-7-17(24)8-10-19/h6-12,15,18H,2-5,13-14H2,1H3,(H,27,30)/t15-/m1/s1. The number of halogens is 3. The molecule has 0 aromatic heterocycles. The number of carbonyl (C=O) groups is 2. The van der Waals surface area contributed by atoms with E-state index in [9.17, 15) is 9.59 Å². The first-order valence-electron chi connectivity index (χ1n) is 10.3. The second kappa shape index (κ2) is 11.5. The third-order valence-electron chi connectivity index (χ3n) is 5.38. The van der Waals surface area contributed by atoms with E-state index < -0.39 is 6.04 Å². The highest BCUT2D eigenvalue weighted by Gasteiger charge is 2.28. The lowest BCUT2D eigenvalue weighted by Gasteiger charge is -2.29. The lowest BCUT2D eigenvalue weighted by molar-refractivity contribution is -0.138. The van der Waals surface area contributed by atoms with Crippen LogP contribution in [0.3, 0.4) is 0 Å². The molecule has 0 bridgehead atoms. The molecule has 0 spiro atoms. The van der Waals surface area contributed by atoms with E-state index in [0.717, 1.165) is 36.1 Å². The predicted octanol–water partition coefficient (Wildman–Crippen LogP) is 6.22. The van der Waals surface area contributed by atoms with Gasteiger partial charge in [-0.05, 0) is 61.7 Å². The zero-order valence-electron chi connectivity index (χ0n) is 17.2. The fourth-order valence-electron chi connectivity index (χ4n) is 3.57. The molecule has 166 valence electrons. The van der Waals surface area contributed by atoms with Crippen LogP contribution in [0.1, 0.15) is 38.2 Å². The van der Waals surface area contributed by atoms with Gasteiger partial charge in [0.1, 0.15) is 6.04 Å². The summed E-state index contributed by atoms with van der Waals surface area (Å²) in [6.07, 6.45) is 4.24. The highest BCUT2D eigenvalue weighted by atomic mass is 35.5. The van der Waals surface area contributed by atoms with Crippen LogP contribution in [-0.2, 0) is 16.1 Å². The molecular formula is C23H25Cl3N2O2S. The normalized spacial score (nSPS) is 15.0. The third kappa shape index (κ3) is 7.04. The molecule has 1 N–H and O–H groups in total. The van der Waals surface area contributed by atoms with Crippen LogP contribution in [0.4, 0.5) is 0 Å². The predicted molar refractivity (Wildman–Crippen MR) is 129 cm³/mol. The first kappa shape index (κ1) is 24.2. The van der Waals surface area contributed by atoms with Crippen molar-refractivity contribution >= 4 is 58.4 Å². The minimum atomic E-state index is -0.603. The first-order chi connectivity index (χ1) is 14.8. The van der Waals surface area contributed by atoms with Gasteiger partial charge in [0.2, 0.25) is 11.8 Å². The summed E-state index contributed by atoms with van der Waals surface area (Å²) in [4.78, 5) is 28.6. The summed E-state index contributed by atoms with van der Waals surface area (Å²) >= 11 is 19.5. The Morgan fingerprint density at radius 1 is 1.06 bits per heavy atom. The van der Waals surface area contributed by atoms with E-state index in [1.54, 1.807) is 36.1 Å². The molecule has 2 aromatic rings. The summed E-state index contributed by atoms with van der Waals surface area (Å²) in [5.74, 6) is -0.0406. The number of hydrogen-bond acceptors (Lipinski definition) is 3. The number of benzene rings is 2. The number of nitrogens with one attached hydrogen (secondary N) is 1. The van der Waals surface area contributed by atoms with E-state index in [-0.39, 0.29) is 30.2 Å². The largest absolute Gasteiger partial charge is 0.352 e. The minimum Gasteiger partial charge on any atom is -0.352 e. The molecule has 0 heterocycles. The minimum absolute atomic E-state index is 0.125. The summed E-state index contributed by atoms with van der Waals surface area (Å²) in [7, 11) is 0. The monoisotopic (exact) mass is 498 g/mol. The van der Waals surface area contributed by atoms with Gasteiger partial charge in [0.15, 0.2) is 0 Å². The van der Waals surface area contributed by atoms with Crippen LogP contribution < -0.4 is 5.32 Å². The molecule has 1 fully saturated rings. The first-order valence-corrected chi connectivity index (χ1v) is 12.4. The number of rotatable bonds is 8. The molecule has 0 radical (unpaired) electrons. The van der Waals surface area contributed by atoms with Gasteiger partial charge < -0.3 is 10.2 Å². The summed E-state index contributed by atoms with van der Waals surface area (Å²) in [5.41, 5.74) is 0.819. The maximum absolute atomic E-state index is 13.2. The van der Waals surface area contributed by atoms with Crippen molar-refractivity contribution in [2.75, 3.05) is 5.75 Å². The Morgan fingerprint density at radius 3 is 2.39 bits per heavy atom. The van der Waals surface area contributed by atoms with Gasteiger partial charge in [-0.2, -0.15) is 0 Å². The fraction of sp³-hybridized carbons (Fsp3) is 0.391. The molecule has 2 amide bonds. The highest BCUT2D eigenvalue weighted by Crippen LogP contribution is 2.25. The molecule has 4 nitrogen and oxygen atoms in total. The molecule has 2 aromatic carbocycles. The van der Waals surface area contributed by atoms with E-state index in [1.807, 2.05) is 18.2 Å². The highest BCUT2D eigenvalue weighted by molar-refractivity contribution is 8.00. The Bertz CT molecular complexity index is 918. The number of amides is 2. The van der Waals surface area contributed by atoms with E-state index in [0.29, 0.717) is 15.1 Å². The van der Waals surface area contributed by atoms with Crippen LogP contribution in [-0.4, -0.2) is 34.6 Å². The Morgan fingerprint density at radius 2 is 1.74 bits per heavy atom. The maximum Gasteiger partial charge on any atom is 0.242 e. The number of carbonyl (C=O) groups excluding carboxylic acids is 2. The second-order valence-electron chi connectivity index (χ2n) is 7.68. The van der Waals surface area contributed by atoms with Crippen molar-refractivity contribution in [2.24, 2.45) is 0 Å². The lowest BCUT2D eigenvalue weighted by atomic mass is 10.1. The van der Waals surface area contributed by atoms with Gasteiger partial charge in [-0.15, -0.1) is 11.8 Å². The quantitative estimate of drug-likeness (QED) is 0.439. The van der Waals surface area contributed by atoms with Gasteiger partial charge in [-0.3, -0.25) is 9.59 Å². The van der Waals surface area contributed by atoms with Crippen LogP contribution in [0.2, 0.25) is 15.1 Å². The van der Waals surface area contributed by atoms with Gasteiger partial charge in [0.05, 0.1) is 15.8 Å². The van der Waals surface area contributed by atoms with Crippen molar-refractivity contribution in [3.05, 3.63) is 63.1 Å². The van der Waals surface area contributed by atoms with Crippen LogP contribution in [0.15, 0.2) is 47.4 Å². The van der Waals surface area contributed by atoms with Gasteiger partial charge in [0.25, 0.3) is 0 Å². The average Bonchev–Trinajstić information content (AvgIpc) is 3.26. The van der Waals surface area contributed by atoms with Crippen molar-refractivity contribution in [3.63, 3.8) is 0 Å². The Hall–Kier alpha value is -1.40. The van der Waals surface area contributed by atoms with Crippen molar-refractivity contribution in [2.45, 2.75) is 56.1 Å². The molecule has 0 unspecified atom stereocenters. The molecule has 3 rings (SSSR count). The molecule has 1 atom stereocenters. The molecule has 0 aliphatic heterocycles. The molecule has 1 aliphatic carbocycles. The summed E-state index contributed by atoms with van der Waals surface area (Å²) in [6, 6.07) is 12.2. The smallest absolute Gasteiger partial charge is 0.242 e. The molecule has 0 saturated heterocycles. The van der Waals surface area contributed by atoms with E-state index in [4.69, 9.17) is 34.8 Å². The SMILES string of the molecule is C[C@H](C(=O)NC1CCCC1)N(Cc1ccc(Cl)c(Cl)c1)C(=O)CSc1ccc(Cl)cc1.